The summed E-state index contributed by atoms with van der Waals surface area (Å²) in [6, 6.07) is 16.1. The van der Waals surface area contributed by atoms with E-state index < -0.39 is 11.9 Å². The van der Waals surface area contributed by atoms with Crippen LogP contribution in [-0.4, -0.2) is 22.8 Å². The second-order valence-electron chi connectivity index (χ2n) is 8.69. The van der Waals surface area contributed by atoms with Gasteiger partial charge in [0, 0.05) is 12.6 Å². The highest BCUT2D eigenvalue weighted by molar-refractivity contribution is 5.96. The number of carbonyl (C=O) groups is 2. The first-order valence-corrected chi connectivity index (χ1v) is 11.5. The molecule has 33 heavy (non-hydrogen) atoms. The van der Waals surface area contributed by atoms with Gasteiger partial charge in [0.05, 0.1) is 6.26 Å². The van der Waals surface area contributed by atoms with Crippen molar-refractivity contribution in [3.8, 4) is 0 Å². The van der Waals surface area contributed by atoms with Crippen LogP contribution >= 0.6 is 0 Å². The van der Waals surface area contributed by atoms with E-state index in [1.165, 1.54) is 29.7 Å². The van der Waals surface area contributed by atoms with Gasteiger partial charge in [0.15, 0.2) is 5.76 Å². The maximum atomic E-state index is 13.7. The molecule has 3 aromatic rings. The Bertz CT molecular complexity index is 1060. The highest BCUT2D eigenvalue weighted by Gasteiger charge is 2.34. The summed E-state index contributed by atoms with van der Waals surface area (Å²) in [7, 11) is 0. The van der Waals surface area contributed by atoms with Crippen molar-refractivity contribution >= 4 is 11.8 Å². The van der Waals surface area contributed by atoms with Crippen molar-refractivity contribution in [2.45, 2.75) is 57.7 Å². The Labute approximate surface area is 193 Å². The van der Waals surface area contributed by atoms with Crippen LogP contribution in [0.5, 0.6) is 0 Å². The summed E-state index contributed by atoms with van der Waals surface area (Å²) in [6.45, 7) is 2.11. The lowest BCUT2D eigenvalue weighted by Gasteiger charge is -2.33. The van der Waals surface area contributed by atoms with Gasteiger partial charge in [-0.25, -0.2) is 4.39 Å². The zero-order chi connectivity index (χ0) is 23.2. The molecule has 1 aromatic heterocycles. The summed E-state index contributed by atoms with van der Waals surface area (Å²) < 4.78 is 18.9. The van der Waals surface area contributed by atoms with E-state index in [0.717, 1.165) is 42.4 Å². The minimum atomic E-state index is -0.852. The third-order valence-electron chi connectivity index (χ3n) is 6.16. The highest BCUT2D eigenvalue weighted by atomic mass is 19.1. The summed E-state index contributed by atoms with van der Waals surface area (Å²) in [5.74, 6) is -0.811. The molecule has 172 valence electrons. The van der Waals surface area contributed by atoms with Crippen LogP contribution < -0.4 is 5.32 Å². The Hall–Kier alpha value is -3.41. The van der Waals surface area contributed by atoms with Crippen LogP contribution in [0, 0.1) is 12.7 Å². The van der Waals surface area contributed by atoms with Crippen molar-refractivity contribution in [1.82, 2.24) is 10.2 Å². The monoisotopic (exact) mass is 448 g/mol. The molecule has 6 heteroatoms. The first-order valence-electron chi connectivity index (χ1n) is 11.5. The quantitative estimate of drug-likeness (QED) is 0.515. The number of hydrogen-bond donors (Lipinski definition) is 1. The zero-order valence-corrected chi connectivity index (χ0v) is 18.8. The van der Waals surface area contributed by atoms with Gasteiger partial charge in [-0.3, -0.25) is 9.59 Å². The number of amides is 2. The molecule has 4 rings (SSSR count). The predicted molar refractivity (Wildman–Crippen MR) is 124 cm³/mol. The third kappa shape index (κ3) is 5.69. The van der Waals surface area contributed by atoms with Crippen LogP contribution in [0.25, 0.3) is 0 Å². The summed E-state index contributed by atoms with van der Waals surface area (Å²) in [5.41, 5.74) is 2.50. The fourth-order valence-corrected chi connectivity index (χ4v) is 4.36. The standard InChI is InChI=1S/C27H29FN2O3/c1-19-9-13-21(14-10-19)25(26(31)29-23-6-3-2-4-7-23)30(27(32)24-8-5-17-33-24)18-20-11-15-22(28)16-12-20/h5,8-17,23,25H,2-4,6-7,18H2,1H3,(H,29,31)/t25-/m0/s1. The largest absolute Gasteiger partial charge is 0.459 e. The molecule has 0 spiro atoms. The van der Waals surface area contributed by atoms with Crippen molar-refractivity contribution in [3.63, 3.8) is 0 Å². The SMILES string of the molecule is Cc1ccc([C@@H](C(=O)NC2CCCCC2)N(Cc2ccc(F)cc2)C(=O)c2ccco2)cc1. The van der Waals surface area contributed by atoms with Crippen molar-refractivity contribution in [3.05, 3.63) is 95.2 Å². The van der Waals surface area contributed by atoms with E-state index in [9.17, 15) is 14.0 Å². The molecule has 2 aromatic carbocycles. The Balaban J connectivity index is 1.71. The van der Waals surface area contributed by atoms with Gasteiger partial charge < -0.3 is 14.6 Å². The molecule has 1 aliphatic rings. The average molecular weight is 449 g/mol. The number of furan rings is 1. The Kier molecular flexibility index (Phi) is 7.23. The van der Waals surface area contributed by atoms with E-state index >= 15 is 0 Å². The van der Waals surface area contributed by atoms with Crippen molar-refractivity contribution < 1.29 is 18.4 Å². The predicted octanol–water partition coefficient (Wildman–Crippen LogP) is 5.56. The van der Waals surface area contributed by atoms with Crippen LogP contribution in [-0.2, 0) is 11.3 Å². The van der Waals surface area contributed by atoms with Gasteiger partial charge in [0.25, 0.3) is 5.91 Å². The van der Waals surface area contributed by atoms with Gasteiger partial charge >= 0.3 is 0 Å². The Morgan fingerprint density at radius 1 is 1.03 bits per heavy atom. The number of nitrogens with one attached hydrogen (secondary N) is 1. The van der Waals surface area contributed by atoms with Gasteiger partial charge in [-0.1, -0.05) is 61.2 Å². The van der Waals surface area contributed by atoms with Crippen molar-refractivity contribution in [2.24, 2.45) is 0 Å². The number of nitrogens with zero attached hydrogens (tertiary/aromatic N) is 1. The summed E-state index contributed by atoms with van der Waals surface area (Å²) in [6.07, 6.45) is 6.68. The number of halogens is 1. The Morgan fingerprint density at radius 2 is 1.73 bits per heavy atom. The molecule has 1 N–H and O–H groups in total. The lowest BCUT2D eigenvalue weighted by Crippen LogP contribution is -2.46. The van der Waals surface area contributed by atoms with E-state index in [4.69, 9.17) is 4.42 Å². The maximum absolute atomic E-state index is 13.7. The van der Waals surface area contributed by atoms with E-state index in [1.54, 1.807) is 24.3 Å². The molecule has 1 heterocycles. The number of benzene rings is 2. The van der Waals surface area contributed by atoms with Crippen molar-refractivity contribution in [2.75, 3.05) is 0 Å². The molecule has 2 amide bonds. The van der Waals surface area contributed by atoms with Crippen LogP contribution in [0.4, 0.5) is 4.39 Å². The number of carbonyl (C=O) groups excluding carboxylic acids is 2. The zero-order valence-electron chi connectivity index (χ0n) is 18.8. The summed E-state index contributed by atoms with van der Waals surface area (Å²) >= 11 is 0. The molecule has 0 unspecified atom stereocenters. The molecule has 0 saturated heterocycles. The molecule has 1 aliphatic carbocycles. The molecular formula is C27H29FN2O3. The maximum Gasteiger partial charge on any atom is 0.290 e. The van der Waals surface area contributed by atoms with Gasteiger partial charge in [-0.2, -0.15) is 0 Å². The lowest BCUT2D eigenvalue weighted by molar-refractivity contribution is -0.127. The minimum Gasteiger partial charge on any atom is -0.459 e. The summed E-state index contributed by atoms with van der Waals surface area (Å²) in [5, 5.41) is 3.18. The van der Waals surface area contributed by atoms with E-state index in [0.29, 0.717) is 0 Å². The molecule has 5 nitrogen and oxygen atoms in total. The smallest absolute Gasteiger partial charge is 0.290 e. The minimum absolute atomic E-state index is 0.102. The van der Waals surface area contributed by atoms with E-state index in [-0.39, 0.29) is 30.1 Å². The van der Waals surface area contributed by atoms with Crippen LogP contribution in [0.1, 0.15) is 65.4 Å². The molecule has 1 fully saturated rings. The van der Waals surface area contributed by atoms with Gasteiger partial charge in [0.1, 0.15) is 11.9 Å². The van der Waals surface area contributed by atoms with Crippen LogP contribution in [0.15, 0.2) is 71.3 Å². The fourth-order valence-electron chi connectivity index (χ4n) is 4.36. The molecule has 1 saturated carbocycles. The lowest BCUT2D eigenvalue weighted by atomic mass is 9.94. The van der Waals surface area contributed by atoms with Gasteiger partial charge in [-0.15, -0.1) is 0 Å². The van der Waals surface area contributed by atoms with E-state index in [1.807, 2.05) is 31.2 Å². The van der Waals surface area contributed by atoms with Crippen molar-refractivity contribution in [1.29, 1.82) is 0 Å². The molecule has 0 bridgehead atoms. The number of aryl methyl sites for hydroxylation is 1. The first kappa shape index (κ1) is 22.8. The average Bonchev–Trinajstić information content (AvgIpc) is 3.36. The van der Waals surface area contributed by atoms with Gasteiger partial charge in [0.2, 0.25) is 5.91 Å². The molecule has 0 aliphatic heterocycles. The second kappa shape index (κ2) is 10.5. The normalized spacial score (nSPS) is 15.1. The molecule has 0 radical (unpaired) electrons. The molecular weight excluding hydrogens is 419 g/mol. The van der Waals surface area contributed by atoms with Crippen LogP contribution in [0.3, 0.4) is 0 Å². The number of rotatable bonds is 7. The third-order valence-corrected chi connectivity index (χ3v) is 6.16. The second-order valence-corrected chi connectivity index (χ2v) is 8.69. The fraction of sp³-hybridized carbons (Fsp3) is 0.333. The van der Waals surface area contributed by atoms with Gasteiger partial charge in [-0.05, 0) is 55.2 Å². The van der Waals surface area contributed by atoms with Crippen LogP contribution in [0.2, 0.25) is 0 Å². The number of hydrogen-bond acceptors (Lipinski definition) is 3. The first-order chi connectivity index (χ1) is 16.0. The summed E-state index contributed by atoms with van der Waals surface area (Å²) in [4.78, 5) is 28.7. The topological polar surface area (TPSA) is 62.6 Å². The molecule has 1 atom stereocenters. The van der Waals surface area contributed by atoms with E-state index in [2.05, 4.69) is 5.32 Å². The highest BCUT2D eigenvalue weighted by Crippen LogP contribution is 2.28. The Morgan fingerprint density at radius 3 is 2.36 bits per heavy atom.